The van der Waals surface area contributed by atoms with Crippen molar-refractivity contribution < 1.29 is 14.7 Å². The first-order valence-electron chi connectivity index (χ1n) is 6.43. The van der Waals surface area contributed by atoms with Crippen molar-refractivity contribution in [2.24, 2.45) is 0 Å². The number of benzene rings is 1. The van der Waals surface area contributed by atoms with E-state index in [0.717, 1.165) is 22.2 Å². The van der Waals surface area contributed by atoms with E-state index >= 15 is 0 Å². The van der Waals surface area contributed by atoms with Crippen LogP contribution in [-0.4, -0.2) is 27.6 Å². The number of hydrogen-bond donors (Lipinski definition) is 0. The molecule has 0 aromatic heterocycles. The van der Waals surface area contributed by atoms with Crippen LogP contribution in [0.3, 0.4) is 0 Å². The molecule has 4 nitrogen and oxygen atoms in total. The first-order chi connectivity index (χ1) is 9.88. The molecule has 0 radical (unpaired) electrons. The topological polar surface area (TPSA) is 60.4 Å². The summed E-state index contributed by atoms with van der Waals surface area (Å²) < 4.78 is 0.245. The number of carboxylic acids is 1. The Morgan fingerprint density at radius 2 is 2.00 bits per heavy atom. The van der Waals surface area contributed by atoms with Crippen molar-refractivity contribution in [2.75, 3.05) is 6.54 Å². The Hall–Kier alpha value is -1.66. The van der Waals surface area contributed by atoms with Crippen molar-refractivity contribution in [2.45, 2.75) is 19.8 Å². The Morgan fingerprint density at radius 3 is 2.52 bits per heavy atom. The smallest absolute Gasteiger partial charge is 0.266 e. The van der Waals surface area contributed by atoms with Crippen LogP contribution in [0.25, 0.3) is 6.08 Å². The van der Waals surface area contributed by atoms with E-state index in [2.05, 4.69) is 13.8 Å². The molecular weight excluding hydrogens is 306 g/mol. The standard InChI is InChI=1S/C15H15NO3S2/c1-9(2)11-5-3-10(4-6-11)7-12-14(19)16(8-13(17)18)15(20)21-12/h3-7,9H,8H2,1-2H3,(H,17,18)/p-1. The number of thiocarbonyl (C=S) groups is 1. The molecule has 110 valence electrons. The number of hydrogen-bond acceptors (Lipinski definition) is 5. The third kappa shape index (κ3) is 3.71. The Morgan fingerprint density at radius 1 is 1.38 bits per heavy atom. The summed E-state index contributed by atoms with van der Waals surface area (Å²) in [4.78, 5) is 24.2. The van der Waals surface area contributed by atoms with E-state index in [0.29, 0.717) is 10.8 Å². The highest BCUT2D eigenvalue weighted by atomic mass is 32.2. The second-order valence-electron chi connectivity index (χ2n) is 4.96. The van der Waals surface area contributed by atoms with Gasteiger partial charge in [-0.15, -0.1) is 0 Å². The molecule has 1 aromatic carbocycles. The number of aliphatic carboxylic acids is 1. The average molecular weight is 320 g/mol. The predicted octanol–water partition coefficient (Wildman–Crippen LogP) is 1.76. The third-order valence-corrected chi connectivity index (χ3v) is 4.44. The summed E-state index contributed by atoms with van der Waals surface area (Å²) in [5, 5.41) is 10.6. The zero-order valence-electron chi connectivity index (χ0n) is 11.7. The second kappa shape index (κ2) is 6.41. The maximum atomic E-state index is 12.1. The monoisotopic (exact) mass is 320 g/mol. The Balaban J connectivity index is 2.20. The van der Waals surface area contributed by atoms with Crippen molar-refractivity contribution in [3.05, 3.63) is 40.3 Å². The lowest BCUT2D eigenvalue weighted by atomic mass is 10.0. The molecule has 6 heteroatoms. The van der Waals surface area contributed by atoms with E-state index in [1.165, 1.54) is 5.56 Å². The number of thioether (sulfide) groups is 1. The third-order valence-electron chi connectivity index (χ3n) is 3.06. The van der Waals surface area contributed by atoms with Crippen LogP contribution >= 0.6 is 24.0 Å². The highest BCUT2D eigenvalue weighted by Gasteiger charge is 2.31. The molecule has 2 rings (SSSR count). The number of rotatable bonds is 4. The van der Waals surface area contributed by atoms with Gasteiger partial charge in [0.1, 0.15) is 4.32 Å². The van der Waals surface area contributed by atoms with Crippen LogP contribution in [-0.2, 0) is 9.59 Å². The summed E-state index contributed by atoms with van der Waals surface area (Å²) in [6.45, 7) is 3.72. The first-order valence-corrected chi connectivity index (χ1v) is 7.66. The molecule has 0 aliphatic carbocycles. The van der Waals surface area contributed by atoms with Gasteiger partial charge >= 0.3 is 0 Å². The van der Waals surface area contributed by atoms with E-state index in [4.69, 9.17) is 12.2 Å². The minimum atomic E-state index is -1.33. The minimum absolute atomic E-state index is 0.245. The summed E-state index contributed by atoms with van der Waals surface area (Å²) in [7, 11) is 0. The number of carboxylic acid groups (broad SMARTS) is 1. The van der Waals surface area contributed by atoms with Gasteiger partial charge in [-0.3, -0.25) is 9.69 Å². The molecule has 1 aliphatic heterocycles. The number of amides is 1. The minimum Gasteiger partial charge on any atom is -0.548 e. The van der Waals surface area contributed by atoms with Crippen molar-refractivity contribution in [1.82, 2.24) is 4.90 Å². The lowest BCUT2D eigenvalue weighted by Gasteiger charge is -2.14. The molecule has 0 N–H and O–H groups in total. The quantitative estimate of drug-likeness (QED) is 0.625. The van der Waals surface area contributed by atoms with Gasteiger partial charge in [0.05, 0.1) is 17.4 Å². The van der Waals surface area contributed by atoms with Crippen LogP contribution in [0.2, 0.25) is 0 Å². The molecule has 21 heavy (non-hydrogen) atoms. The van der Waals surface area contributed by atoms with Crippen LogP contribution in [0.5, 0.6) is 0 Å². The van der Waals surface area contributed by atoms with Gasteiger partial charge in [0.25, 0.3) is 5.91 Å². The summed E-state index contributed by atoms with van der Waals surface area (Å²) in [5.74, 6) is -1.27. The molecule has 0 unspecified atom stereocenters. The van der Waals surface area contributed by atoms with Crippen molar-refractivity contribution >= 4 is 46.3 Å². The van der Waals surface area contributed by atoms with Crippen molar-refractivity contribution in [3.63, 3.8) is 0 Å². The number of nitrogens with zero attached hydrogens (tertiary/aromatic N) is 1. The molecule has 1 heterocycles. The van der Waals surface area contributed by atoms with Crippen molar-refractivity contribution in [1.29, 1.82) is 0 Å². The van der Waals surface area contributed by atoms with Gasteiger partial charge in [-0.05, 0) is 23.1 Å². The van der Waals surface area contributed by atoms with Crippen LogP contribution in [0, 0.1) is 0 Å². The molecule has 1 amide bonds. The van der Waals surface area contributed by atoms with Crippen LogP contribution < -0.4 is 5.11 Å². The van der Waals surface area contributed by atoms with Crippen LogP contribution in [0.15, 0.2) is 29.2 Å². The Labute approximate surface area is 132 Å². The van der Waals surface area contributed by atoms with E-state index < -0.39 is 12.5 Å². The summed E-state index contributed by atoms with van der Waals surface area (Å²) in [6, 6.07) is 7.89. The molecule has 0 bridgehead atoms. The first kappa shape index (κ1) is 15.7. The van der Waals surface area contributed by atoms with Crippen LogP contribution in [0.4, 0.5) is 0 Å². The highest BCUT2D eigenvalue weighted by molar-refractivity contribution is 8.26. The predicted molar refractivity (Wildman–Crippen MR) is 85.4 cm³/mol. The molecular formula is C15H14NO3S2-. The van der Waals surface area contributed by atoms with Crippen molar-refractivity contribution in [3.8, 4) is 0 Å². The number of carbonyl (C=O) groups is 2. The van der Waals surface area contributed by atoms with E-state index in [-0.39, 0.29) is 10.2 Å². The van der Waals surface area contributed by atoms with Gasteiger partial charge in [-0.25, -0.2) is 0 Å². The van der Waals surface area contributed by atoms with Crippen LogP contribution in [0.1, 0.15) is 30.9 Å². The molecule has 0 saturated carbocycles. The lowest BCUT2D eigenvalue weighted by molar-refractivity contribution is -0.305. The zero-order valence-corrected chi connectivity index (χ0v) is 13.3. The zero-order chi connectivity index (χ0) is 15.6. The fourth-order valence-electron chi connectivity index (χ4n) is 1.89. The summed E-state index contributed by atoms with van der Waals surface area (Å²) >= 11 is 6.13. The highest BCUT2D eigenvalue weighted by Crippen LogP contribution is 2.32. The largest absolute Gasteiger partial charge is 0.548 e. The van der Waals surface area contributed by atoms with Gasteiger partial charge < -0.3 is 9.90 Å². The van der Waals surface area contributed by atoms with E-state index in [9.17, 15) is 14.7 Å². The van der Waals surface area contributed by atoms with Gasteiger partial charge in [0, 0.05) is 0 Å². The average Bonchev–Trinajstić information content (AvgIpc) is 2.67. The maximum Gasteiger partial charge on any atom is 0.266 e. The molecule has 1 saturated heterocycles. The van der Waals surface area contributed by atoms with Gasteiger partial charge in [-0.1, -0.05) is 62.1 Å². The lowest BCUT2D eigenvalue weighted by Crippen LogP contribution is -2.40. The maximum absolute atomic E-state index is 12.1. The molecule has 0 atom stereocenters. The van der Waals surface area contributed by atoms with Gasteiger partial charge in [0.15, 0.2) is 0 Å². The number of carbonyl (C=O) groups excluding carboxylic acids is 2. The normalized spacial score (nSPS) is 17.1. The fraction of sp³-hybridized carbons (Fsp3) is 0.267. The second-order valence-corrected chi connectivity index (χ2v) is 6.64. The summed E-state index contributed by atoms with van der Waals surface area (Å²) in [5.41, 5.74) is 2.10. The summed E-state index contributed by atoms with van der Waals surface area (Å²) in [6.07, 6.45) is 1.72. The fourth-order valence-corrected chi connectivity index (χ4v) is 3.15. The van der Waals surface area contributed by atoms with Gasteiger partial charge in [-0.2, -0.15) is 0 Å². The van der Waals surface area contributed by atoms with E-state index in [1.54, 1.807) is 6.08 Å². The molecule has 1 aromatic rings. The molecule has 0 spiro atoms. The SMILES string of the molecule is CC(C)c1ccc(C=C2SC(=S)N(CC(=O)[O-])C2=O)cc1. The Bertz CT molecular complexity index is 620. The molecule has 1 aliphatic rings. The molecule has 1 fully saturated rings. The van der Waals surface area contributed by atoms with E-state index in [1.807, 2.05) is 24.3 Å². The Kier molecular flexibility index (Phi) is 4.80. The van der Waals surface area contributed by atoms with Gasteiger partial charge in [0.2, 0.25) is 0 Å².